The minimum Gasteiger partial charge on any atom is -0.459 e. The van der Waals surface area contributed by atoms with E-state index in [1.54, 1.807) is 6.92 Å². The van der Waals surface area contributed by atoms with Gasteiger partial charge in [0.1, 0.15) is 25.9 Å². The first-order valence-electron chi connectivity index (χ1n) is 6.87. The van der Waals surface area contributed by atoms with Crippen molar-refractivity contribution in [2.45, 2.75) is 39.4 Å². The summed E-state index contributed by atoms with van der Waals surface area (Å²) in [5.41, 5.74) is 1.33. The van der Waals surface area contributed by atoms with E-state index in [0.717, 1.165) is 5.57 Å². The molecule has 0 saturated carbocycles. The van der Waals surface area contributed by atoms with Gasteiger partial charge in [0.2, 0.25) is 0 Å². The van der Waals surface area contributed by atoms with Crippen LogP contribution in [0.1, 0.15) is 27.2 Å². The van der Waals surface area contributed by atoms with Crippen LogP contribution >= 0.6 is 0 Å². The van der Waals surface area contributed by atoms with Crippen molar-refractivity contribution in [1.29, 1.82) is 0 Å². The quantitative estimate of drug-likeness (QED) is 0.133. The highest BCUT2D eigenvalue weighted by Crippen LogP contribution is 2.09. The Labute approximate surface area is 126 Å². The molecule has 0 aromatic rings. The topological polar surface area (TPSA) is 77.5 Å². The van der Waals surface area contributed by atoms with Crippen molar-refractivity contribution in [1.82, 2.24) is 0 Å². The van der Waals surface area contributed by atoms with Gasteiger partial charge in [-0.15, -0.1) is 0 Å². The van der Waals surface area contributed by atoms with Gasteiger partial charge in [-0.2, -0.15) is 0 Å². The first-order chi connectivity index (χ1) is 9.86. The molecule has 2 unspecified atom stereocenters. The molecule has 1 rings (SSSR count). The van der Waals surface area contributed by atoms with Crippen LogP contribution in [0.3, 0.4) is 0 Å². The number of carbonyl (C=O) groups is 1. The fourth-order valence-corrected chi connectivity index (χ4v) is 0.843. The minimum atomic E-state index is -0.430. The van der Waals surface area contributed by atoms with E-state index in [1.165, 1.54) is 0 Å². The second kappa shape index (κ2) is 11.4. The summed E-state index contributed by atoms with van der Waals surface area (Å²) in [5.74, 6) is -0.337. The molecule has 0 radical (unpaired) electrons. The van der Waals surface area contributed by atoms with Crippen LogP contribution in [0.2, 0.25) is 0 Å². The Kier molecular flexibility index (Phi) is 10.8. The maximum atomic E-state index is 10.7. The van der Waals surface area contributed by atoms with Gasteiger partial charge in [-0.1, -0.05) is 25.7 Å². The van der Waals surface area contributed by atoms with Crippen LogP contribution in [0.15, 0.2) is 24.3 Å². The third kappa shape index (κ3) is 13.5. The Morgan fingerprint density at radius 3 is 2.43 bits per heavy atom. The van der Waals surface area contributed by atoms with Crippen LogP contribution in [0.5, 0.6) is 0 Å². The van der Waals surface area contributed by atoms with Crippen molar-refractivity contribution < 1.29 is 29.1 Å². The maximum Gasteiger partial charge on any atom is 0.333 e. The van der Waals surface area contributed by atoms with Crippen LogP contribution < -0.4 is 0 Å². The molecule has 1 aliphatic rings. The molecule has 122 valence electrons. The fourth-order valence-electron chi connectivity index (χ4n) is 0.843. The van der Waals surface area contributed by atoms with E-state index < -0.39 is 6.10 Å². The van der Waals surface area contributed by atoms with Gasteiger partial charge < -0.3 is 14.6 Å². The van der Waals surface area contributed by atoms with E-state index in [1.807, 2.05) is 13.8 Å². The Morgan fingerprint density at radius 2 is 2.00 bits per heavy atom. The molecule has 21 heavy (non-hydrogen) atoms. The number of rotatable bonds is 9. The number of aliphatic hydroxyl groups is 1. The first-order valence-corrected chi connectivity index (χ1v) is 6.87. The lowest BCUT2D eigenvalue weighted by atomic mass is 10.3. The van der Waals surface area contributed by atoms with Crippen molar-refractivity contribution in [3.05, 3.63) is 24.3 Å². The summed E-state index contributed by atoms with van der Waals surface area (Å²) < 4.78 is 9.60. The number of aliphatic hydroxyl groups excluding tert-OH is 1. The van der Waals surface area contributed by atoms with Gasteiger partial charge in [-0.25, -0.2) is 14.6 Å². The standard InChI is InChI=1S/C8H16O3.C7H10O3/c1-4-8(9)6-11-10-5-7(2)3;1-5(2)7(8)10-4-6-3-9-6/h8-9H,2,4-6H2,1,3H3;6H,1,3-4H2,2H3. The molecule has 1 saturated heterocycles. The van der Waals surface area contributed by atoms with E-state index in [9.17, 15) is 4.79 Å². The average molecular weight is 302 g/mol. The predicted octanol–water partition coefficient (Wildman–Crippen LogP) is 1.79. The van der Waals surface area contributed by atoms with Gasteiger partial charge in [-0.3, -0.25) is 0 Å². The lowest BCUT2D eigenvalue weighted by Gasteiger charge is -2.07. The van der Waals surface area contributed by atoms with Crippen LogP contribution in [0.4, 0.5) is 0 Å². The molecule has 6 heteroatoms. The molecular formula is C15H26O6. The van der Waals surface area contributed by atoms with Crippen molar-refractivity contribution in [2.24, 2.45) is 0 Å². The van der Waals surface area contributed by atoms with Crippen LogP contribution in [0, 0.1) is 0 Å². The molecule has 0 bridgehead atoms. The lowest BCUT2D eigenvalue weighted by Crippen LogP contribution is -2.14. The molecule has 1 aliphatic heterocycles. The Bertz CT molecular complexity index is 335. The monoisotopic (exact) mass is 302 g/mol. The summed E-state index contributed by atoms with van der Waals surface area (Å²) in [5, 5.41) is 9.00. The van der Waals surface area contributed by atoms with Crippen LogP contribution in [-0.4, -0.2) is 49.7 Å². The second-order valence-electron chi connectivity index (χ2n) is 4.90. The molecule has 0 amide bonds. The highest BCUT2D eigenvalue weighted by atomic mass is 17.2. The number of epoxide rings is 1. The Balaban J connectivity index is 0.000000382. The molecule has 1 fully saturated rings. The van der Waals surface area contributed by atoms with Gasteiger partial charge in [0.05, 0.1) is 12.7 Å². The van der Waals surface area contributed by atoms with E-state index in [-0.39, 0.29) is 18.7 Å². The molecule has 0 spiro atoms. The lowest BCUT2D eigenvalue weighted by molar-refractivity contribution is -0.298. The molecular weight excluding hydrogens is 276 g/mol. The Hall–Kier alpha value is -1.21. The molecule has 0 aromatic carbocycles. The average Bonchev–Trinajstić information content (AvgIpc) is 3.25. The maximum absolute atomic E-state index is 10.7. The van der Waals surface area contributed by atoms with Crippen molar-refractivity contribution in [3.8, 4) is 0 Å². The summed E-state index contributed by atoms with van der Waals surface area (Å²) in [6.07, 6.45) is 0.389. The van der Waals surface area contributed by atoms with Gasteiger partial charge in [0, 0.05) is 5.57 Å². The molecule has 0 aromatic heterocycles. The summed E-state index contributed by atoms with van der Waals surface area (Å²) in [6, 6.07) is 0. The third-order valence-corrected chi connectivity index (χ3v) is 2.27. The number of carbonyl (C=O) groups excluding carboxylic acids is 1. The summed E-state index contributed by atoms with van der Waals surface area (Å²) in [6.45, 7) is 14.1. The highest BCUT2D eigenvalue weighted by Gasteiger charge is 2.24. The van der Waals surface area contributed by atoms with E-state index in [4.69, 9.17) is 19.5 Å². The van der Waals surface area contributed by atoms with E-state index >= 15 is 0 Å². The van der Waals surface area contributed by atoms with Crippen molar-refractivity contribution in [2.75, 3.05) is 26.4 Å². The molecule has 2 atom stereocenters. The molecule has 6 nitrogen and oxygen atoms in total. The second-order valence-corrected chi connectivity index (χ2v) is 4.90. The van der Waals surface area contributed by atoms with Gasteiger partial charge >= 0.3 is 5.97 Å². The molecule has 0 aliphatic carbocycles. The van der Waals surface area contributed by atoms with Gasteiger partial charge in [-0.05, 0) is 20.3 Å². The smallest absolute Gasteiger partial charge is 0.333 e. The van der Waals surface area contributed by atoms with Crippen LogP contribution in [0.25, 0.3) is 0 Å². The summed E-state index contributed by atoms with van der Waals surface area (Å²) >= 11 is 0. The zero-order valence-electron chi connectivity index (χ0n) is 13.1. The third-order valence-electron chi connectivity index (χ3n) is 2.27. The van der Waals surface area contributed by atoms with Crippen molar-refractivity contribution in [3.63, 3.8) is 0 Å². The molecule has 1 heterocycles. The largest absolute Gasteiger partial charge is 0.459 e. The predicted molar refractivity (Wildman–Crippen MR) is 78.5 cm³/mol. The number of ether oxygens (including phenoxy) is 2. The zero-order chi connectivity index (χ0) is 16.3. The first kappa shape index (κ1) is 19.8. The normalized spacial score (nSPS) is 17.2. The fraction of sp³-hybridized carbons (Fsp3) is 0.667. The number of hydrogen-bond donors (Lipinski definition) is 1. The minimum absolute atomic E-state index is 0.142. The summed E-state index contributed by atoms with van der Waals surface area (Å²) in [7, 11) is 0. The van der Waals surface area contributed by atoms with E-state index in [0.29, 0.717) is 31.8 Å². The van der Waals surface area contributed by atoms with Gasteiger partial charge in [0.25, 0.3) is 0 Å². The van der Waals surface area contributed by atoms with E-state index in [2.05, 4.69) is 18.0 Å². The van der Waals surface area contributed by atoms with Gasteiger partial charge in [0.15, 0.2) is 0 Å². The highest BCUT2D eigenvalue weighted by molar-refractivity contribution is 5.86. The molecule has 1 N–H and O–H groups in total. The van der Waals surface area contributed by atoms with Crippen LogP contribution in [-0.2, 0) is 24.0 Å². The Morgan fingerprint density at radius 1 is 1.38 bits per heavy atom. The number of hydrogen-bond acceptors (Lipinski definition) is 6. The SMILES string of the molecule is C=C(C)C(=O)OCC1CO1.C=C(C)COOCC(O)CC. The van der Waals surface area contributed by atoms with Crippen molar-refractivity contribution >= 4 is 5.97 Å². The zero-order valence-corrected chi connectivity index (χ0v) is 13.1. The number of esters is 1. The summed E-state index contributed by atoms with van der Waals surface area (Å²) in [4.78, 5) is 20.1.